The molecule has 3 heteroatoms. The molecule has 0 saturated carbocycles. The summed E-state index contributed by atoms with van der Waals surface area (Å²) in [7, 11) is 0. The van der Waals surface area contributed by atoms with Gasteiger partial charge in [-0.1, -0.05) is 72.8 Å². The number of hydrogen-bond acceptors (Lipinski definition) is 2. The van der Waals surface area contributed by atoms with Crippen molar-refractivity contribution < 1.29 is 8.83 Å². The molecule has 1 aliphatic rings. The van der Waals surface area contributed by atoms with Gasteiger partial charge in [-0.3, -0.25) is 0 Å². The molecule has 0 fully saturated rings. The standard InChI is InChI=1S/C44H25NO2/c1-3-11-26-21-37-31(17-24(26)9-1)33-19-28(20-34-32-18-25-10-2-4-12-27(25)22-38(32)45(37)42(33)34)41-43-35(29-13-5-7-15-39(29)46-43)23-36-30-14-6-8-16-40(30)47-44(36)41/h1-3,5-11,13-23H,4,12H2. The molecule has 11 aromatic rings. The van der Waals surface area contributed by atoms with Gasteiger partial charge >= 0.3 is 0 Å². The van der Waals surface area contributed by atoms with Gasteiger partial charge in [-0.2, -0.15) is 0 Å². The van der Waals surface area contributed by atoms with Gasteiger partial charge in [-0.25, -0.2) is 0 Å². The van der Waals surface area contributed by atoms with Gasteiger partial charge in [0.15, 0.2) is 0 Å². The minimum Gasteiger partial charge on any atom is -0.455 e. The lowest BCUT2D eigenvalue weighted by atomic mass is 9.93. The summed E-state index contributed by atoms with van der Waals surface area (Å²) in [6, 6.07) is 42.1. The molecule has 0 aliphatic heterocycles. The second-order valence-electron chi connectivity index (χ2n) is 13.2. The Bertz CT molecular complexity index is 3090. The van der Waals surface area contributed by atoms with Crippen molar-refractivity contribution in [3.63, 3.8) is 0 Å². The first-order valence-electron chi connectivity index (χ1n) is 16.4. The molecule has 218 valence electrons. The maximum absolute atomic E-state index is 6.74. The van der Waals surface area contributed by atoms with Crippen LogP contribution in [0.5, 0.6) is 0 Å². The molecule has 7 aromatic carbocycles. The van der Waals surface area contributed by atoms with E-state index in [0.717, 1.165) is 67.8 Å². The topological polar surface area (TPSA) is 30.7 Å². The van der Waals surface area contributed by atoms with Crippen LogP contribution in [0.4, 0.5) is 0 Å². The number of aromatic nitrogens is 1. The molecule has 1 aliphatic carbocycles. The maximum atomic E-state index is 6.74. The molecule has 0 amide bonds. The first-order chi connectivity index (χ1) is 23.3. The third-order valence-electron chi connectivity index (χ3n) is 10.7. The van der Waals surface area contributed by atoms with Crippen molar-refractivity contribution in [1.29, 1.82) is 0 Å². The molecule has 47 heavy (non-hydrogen) atoms. The van der Waals surface area contributed by atoms with E-state index in [2.05, 4.69) is 120 Å². The lowest BCUT2D eigenvalue weighted by molar-refractivity contribution is 0.658. The van der Waals surface area contributed by atoms with Crippen molar-refractivity contribution in [2.24, 2.45) is 0 Å². The average molecular weight is 600 g/mol. The maximum Gasteiger partial charge on any atom is 0.147 e. The number of aryl methyl sites for hydroxylation is 1. The van der Waals surface area contributed by atoms with Crippen molar-refractivity contribution in [2.75, 3.05) is 0 Å². The summed E-state index contributed by atoms with van der Waals surface area (Å²) in [5.41, 5.74) is 12.2. The zero-order valence-electron chi connectivity index (χ0n) is 25.3. The van der Waals surface area contributed by atoms with Crippen LogP contribution in [0.25, 0.3) is 110 Å². The van der Waals surface area contributed by atoms with Crippen molar-refractivity contribution in [2.45, 2.75) is 12.8 Å². The molecule has 0 radical (unpaired) electrons. The quantitative estimate of drug-likeness (QED) is 0.188. The number of furan rings is 2. The zero-order chi connectivity index (χ0) is 30.4. The van der Waals surface area contributed by atoms with E-state index in [9.17, 15) is 0 Å². The molecule has 0 N–H and O–H groups in total. The third kappa shape index (κ3) is 3.02. The molecule has 3 nitrogen and oxygen atoms in total. The van der Waals surface area contributed by atoms with Crippen LogP contribution in [0, 0.1) is 0 Å². The lowest BCUT2D eigenvalue weighted by Crippen LogP contribution is -1.94. The molecule has 0 unspecified atom stereocenters. The number of hydrogen-bond donors (Lipinski definition) is 0. The van der Waals surface area contributed by atoms with E-state index in [1.165, 1.54) is 60.0 Å². The molecule has 12 rings (SSSR count). The zero-order valence-corrected chi connectivity index (χ0v) is 25.3. The van der Waals surface area contributed by atoms with E-state index >= 15 is 0 Å². The minimum absolute atomic E-state index is 0.866. The fourth-order valence-electron chi connectivity index (χ4n) is 8.60. The van der Waals surface area contributed by atoms with Crippen LogP contribution < -0.4 is 0 Å². The number of allylic oxidation sites excluding steroid dienone is 1. The SMILES string of the molecule is C1=Cc2cc3c4cc(-c5c6oc7ccccc7c6cc6c5oc5ccccc56)cc5c6cc7ccccc7cc6n(c3cc2CC1)c45. The van der Waals surface area contributed by atoms with Gasteiger partial charge in [0.2, 0.25) is 0 Å². The van der Waals surface area contributed by atoms with Crippen LogP contribution >= 0.6 is 0 Å². The summed E-state index contributed by atoms with van der Waals surface area (Å²) in [5.74, 6) is 0. The van der Waals surface area contributed by atoms with Crippen molar-refractivity contribution in [3.05, 3.63) is 132 Å². The number of fused-ring (bicyclic) bond motifs is 14. The Morgan fingerprint density at radius 3 is 1.85 bits per heavy atom. The molecule has 0 spiro atoms. The van der Waals surface area contributed by atoms with Gasteiger partial charge in [0.1, 0.15) is 22.3 Å². The van der Waals surface area contributed by atoms with Gasteiger partial charge in [0.25, 0.3) is 0 Å². The van der Waals surface area contributed by atoms with Crippen LogP contribution in [0.1, 0.15) is 17.5 Å². The second-order valence-corrected chi connectivity index (χ2v) is 13.2. The highest BCUT2D eigenvalue weighted by Gasteiger charge is 2.25. The molecule has 4 aromatic heterocycles. The van der Waals surface area contributed by atoms with Crippen molar-refractivity contribution in [3.8, 4) is 11.1 Å². The summed E-state index contributed by atoms with van der Waals surface area (Å²) in [4.78, 5) is 0. The van der Waals surface area contributed by atoms with E-state index in [-0.39, 0.29) is 0 Å². The van der Waals surface area contributed by atoms with Crippen LogP contribution in [0.2, 0.25) is 0 Å². The lowest BCUT2D eigenvalue weighted by Gasteiger charge is -2.11. The average Bonchev–Trinajstić information content (AvgIpc) is 3.85. The number of nitrogens with zero attached hydrogens (tertiary/aromatic N) is 1. The van der Waals surface area contributed by atoms with Gasteiger partial charge in [0.05, 0.1) is 22.1 Å². The van der Waals surface area contributed by atoms with Gasteiger partial charge in [-0.15, -0.1) is 0 Å². The number of para-hydroxylation sites is 2. The highest BCUT2D eigenvalue weighted by Crippen LogP contribution is 2.48. The fourth-order valence-corrected chi connectivity index (χ4v) is 8.60. The first kappa shape index (κ1) is 24.2. The summed E-state index contributed by atoms with van der Waals surface area (Å²) in [6.07, 6.45) is 6.76. The van der Waals surface area contributed by atoms with Crippen LogP contribution in [0.3, 0.4) is 0 Å². The predicted octanol–water partition coefficient (Wildman–Crippen LogP) is 12.4. The predicted molar refractivity (Wildman–Crippen MR) is 196 cm³/mol. The van der Waals surface area contributed by atoms with E-state index in [1.807, 2.05) is 12.1 Å². The van der Waals surface area contributed by atoms with Gasteiger partial charge < -0.3 is 13.2 Å². The highest BCUT2D eigenvalue weighted by molar-refractivity contribution is 6.28. The van der Waals surface area contributed by atoms with E-state index < -0.39 is 0 Å². The molecular weight excluding hydrogens is 574 g/mol. The van der Waals surface area contributed by atoms with Crippen LogP contribution in [0.15, 0.2) is 130 Å². The summed E-state index contributed by atoms with van der Waals surface area (Å²) >= 11 is 0. The number of rotatable bonds is 1. The molecule has 0 saturated heterocycles. The Morgan fingerprint density at radius 2 is 1.13 bits per heavy atom. The van der Waals surface area contributed by atoms with Crippen LogP contribution in [-0.4, -0.2) is 4.40 Å². The van der Waals surface area contributed by atoms with Gasteiger partial charge in [0, 0.05) is 43.1 Å². The van der Waals surface area contributed by atoms with E-state index in [1.54, 1.807) is 0 Å². The van der Waals surface area contributed by atoms with E-state index in [0.29, 0.717) is 0 Å². The Kier molecular flexibility index (Phi) is 4.32. The first-order valence-corrected chi connectivity index (χ1v) is 16.4. The largest absolute Gasteiger partial charge is 0.455 e. The normalized spacial score (nSPS) is 13.7. The molecule has 4 heterocycles. The van der Waals surface area contributed by atoms with Crippen molar-refractivity contribution >= 4 is 98.8 Å². The minimum atomic E-state index is 0.866. The Morgan fingerprint density at radius 1 is 0.511 bits per heavy atom. The van der Waals surface area contributed by atoms with Gasteiger partial charge in [-0.05, 0) is 94.9 Å². The number of benzene rings is 7. The summed E-state index contributed by atoms with van der Waals surface area (Å²) in [5, 5.41) is 12.0. The highest BCUT2D eigenvalue weighted by atomic mass is 16.3. The Labute approximate surface area is 267 Å². The summed E-state index contributed by atoms with van der Waals surface area (Å²) in [6.45, 7) is 0. The van der Waals surface area contributed by atoms with Crippen LogP contribution in [-0.2, 0) is 6.42 Å². The van der Waals surface area contributed by atoms with E-state index in [4.69, 9.17) is 8.83 Å². The smallest absolute Gasteiger partial charge is 0.147 e. The Hall–Kier alpha value is -6.06. The molecule has 0 bridgehead atoms. The summed E-state index contributed by atoms with van der Waals surface area (Å²) < 4.78 is 16.0. The fraction of sp³-hybridized carbons (Fsp3) is 0.0455. The monoisotopic (exact) mass is 599 g/mol. The van der Waals surface area contributed by atoms with Crippen molar-refractivity contribution in [1.82, 2.24) is 4.40 Å². The second kappa shape index (κ2) is 8.39. The Balaban J connectivity index is 1.32. The third-order valence-corrected chi connectivity index (χ3v) is 10.7. The molecular formula is C44H25NO2. The molecule has 0 atom stereocenters.